The summed E-state index contributed by atoms with van der Waals surface area (Å²) in [6.07, 6.45) is 3.23. The van der Waals surface area contributed by atoms with E-state index < -0.39 is 29.5 Å². The number of nitrogens with one attached hydrogen (secondary N) is 4. The number of benzene rings is 2. The molecule has 4 amide bonds. The fraction of sp³-hybridized carbons (Fsp3) is 0.321. The summed E-state index contributed by atoms with van der Waals surface area (Å²) in [6.45, 7) is 1.88. The number of amides is 4. The Bertz CT molecular complexity index is 1480. The Labute approximate surface area is 245 Å². The molecule has 0 spiro atoms. The fourth-order valence-corrected chi connectivity index (χ4v) is 5.72. The first-order valence-electron chi connectivity index (χ1n) is 13.1. The van der Waals surface area contributed by atoms with Gasteiger partial charge in [0, 0.05) is 43.9 Å². The van der Waals surface area contributed by atoms with E-state index in [2.05, 4.69) is 31.0 Å². The number of carbonyl (C=O) groups is 4. The molecule has 2 fully saturated rings. The molecule has 3 aromatic rings. The number of hydrogen-bond donors (Lipinski definition) is 4. The van der Waals surface area contributed by atoms with Gasteiger partial charge in [0.1, 0.15) is 5.82 Å². The van der Waals surface area contributed by atoms with Crippen molar-refractivity contribution in [2.45, 2.75) is 44.2 Å². The SMILES string of the molecule is O=C1CCC(c2ccc(CN3CCC(NC(=O)c4n[nH]cc4NC(=O)c4c(Cl)cccc4Cl)CC3)cc2F)C(=O)N1. The van der Waals surface area contributed by atoms with Gasteiger partial charge in [0.05, 0.1) is 27.2 Å². The van der Waals surface area contributed by atoms with Crippen molar-refractivity contribution < 1.29 is 23.6 Å². The van der Waals surface area contributed by atoms with E-state index >= 15 is 0 Å². The summed E-state index contributed by atoms with van der Waals surface area (Å²) in [5, 5.41) is 14.8. The van der Waals surface area contributed by atoms with Gasteiger partial charge in [-0.05, 0) is 43.0 Å². The number of likely N-dealkylation sites (tertiary alicyclic amines) is 1. The zero-order chi connectivity index (χ0) is 29.1. The highest BCUT2D eigenvalue weighted by atomic mass is 35.5. The van der Waals surface area contributed by atoms with Gasteiger partial charge in [0.2, 0.25) is 11.8 Å². The molecule has 3 heterocycles. The Hall–Kier alpha value is -3.80. The first kappa shape index (κ1) is 28.7. The number of carbonyl (C=O) groups excluding carboxylic acids is 4. The summed E-state index contributed by atoms with van der Waals surface area (Å²) < 4.78 is 14.9. The van der Waals surface area contributed by atoms with Gasteiger partial charge >= 0.3 is 0 Å². The Morgan fingerprint density at radius 1 is 1.05 bits per heavy atom. The van der Waals surface area contributed by atoms with Gasteiger partial charge in [-0.25, -0.2) is 4.39 Å². The molecule has 0 radical (unpaired) electrons. The fourth-order valence-electron chi connectivity index (χ4n) is 5.15. The van der Waals surface area contributed by atoms with E-state index in [9.17, 15) is 23.6 Å². The minimum Gasteiger partial charge on any atom is -0.348 e. The maximum absolute atomic E-state index is 14.9. The lowest BCUT2D eigenvalue weighted by molar-refractivity contribution is -0.134. The van der Waals surface area contributed by atoms with Crippen LogP contribution in [0.3, 0.4) is 0 Å². The van der Waals surface area contributed by atoms with Crippen molar-refractivity contribution in [3.05, 3.63) is 80.8 Å². The average molecular weight is 601 g/mol. The quantitative estimate of drug-likeness (QED) is 0.302. The number of piperidine rings is 2. The van der Waals surface area contributed by atoms with E-state index in [0.717, 1.165) is 5.56 Å². The summed E-state index contributed by atoms with van der Waals surface area (Å²) in [6, 6.07) is 9.48. The van der Waals surface area contributed by atoms with Gasteiger partial charge < -0.3 is 10.6 Å². The van der Waals surface area contributed by atoms with Crippen molar-refractivity contribution in [3.63, 3.8) is 0 Å². The molecule has 2 saturated heterocycles. The standard InChI is InChI=1S/C28H27Cl2FN6O4/c29-19-2-1-3-20(30)24(19)27(40)34-22-13-32-36-25(22)28(41)33-16-8-10-37(11-9-16)14-15-4-5-17(21(31)12-15)18-6-7-23(38)35-26(18)39/h1-5,12-13,16,18H,6-11,14H2,(H,32,36)(H,33,41)(H,34,40)(H,35,38,39). The van der Waals surface area contributed by atoms with Crippen LogP contribution in [0.15, 0.2) is 42.6 Å². The summed E-state index contributed by atoms with van der Waals surface area (Å²) in [5.41, 5.74) is 1.40. The Kier molecular flexibility index (Phi) is 8.67. The second-order valence-electron chi connectivity index (χ2n) is 10.1. The molecule has 1 atom stereocenters. The van der Waals surface area contributed by atoms with Gasteiger partial charge in [0.25, 0.3) is 11.8 Å². The van der Waals surface area contributed by atoms with Gasteiger partial charge in [-0.3, -0.25) is 34.5 Å². The predicted octanol–water partition coefficient (Wildman–Crippen LogP) is 4.02. The second kappa shape index (κ2) is 12.4. The van der Waals surface area contributed by atoms with Gasteiger partial charge in [-0.1, -0.05) is 41.4 Å². The molecule has 0 saturated carbocycles. The zero-order valence-electron chi connectivity index (χ0n) is 21.8. The van der Waals surface area contributed by atoms with E-state index in [1.54, 1.807) is 30.3 Å². The van der Waals surface area contributed by atoms with E-state index in [4.69, 9.17) is 23.2 Å². The smallest absolute Gasteiger partial charge is 0.274 e. The summed E-state index contributed by atoms with van der Waals surface area (Å²) >= 11 is 12.2. The summed E-state index contributed by atoms with van der Waals surface area (Å²) in [7, 11) is 0. The first-order valence-corrected chi connectivity index (χ1v) is 13.9. The molecule has 0 bridgehead atoms. The van der Waals surface area contributed by atoms with Crippen LogP contribution in [0.5, 0.6) is 0 Å². The molecule has 1 aromatic heterocycles. The Balaban J connectivity index is 1.13. The molecular weight excluding hydrogens is 574 g/mol. The molecule has 13 heteroatoms. The van der Waals surface area contributed by atoms with Crippen molar-refractivity contribution in [2.24, 2.45) is 0 Å². The van der Waals surface area contributed by atoms with Gasteiger partial charge in [-0.15, -0.1) is 0 Å². The molecule has 2 aromatic carbocycles. The number of hydrogen-bond acceptors (Lipinski definition) is 6. The maximum Gasteiger partial charge on any atom is 0.274 e. The molecule has 10 nitrogen and oxygen atoms in total. The third-order valence-electron chi connectivity index (χ3n) is 7.30. The van der Waals surface area contributed by atoms with Crippen LogP contribution in [0.1, 0.15) is 63.6 Å². The number of nitrogens with zero attached hydrogens (tertiary/aromatic N) is 2. The van der Waals surface area contributed by atoms with Crippen LogP contribution in [0.4, 0.5) is 10.1 Å². The molecule has 2 aliphatic rings. The minimum absolute atomic E-state index is 0.0375. The Morgan fingerprint density at radius 2 is 1.78 bits per heavy atom. The number of imide groups is 1. The lowest BCUT2D eigenvalue weighted by Gasteiger charge is -2.32. The third-order valence-corrected chi connectivity index (χ3v) is 7.93. The molecule has 5 rings (SSSR count). The average Bonchev–Trinajstić information content (AvgIpc) is 3.38. The molecule has 1 unspecified atom stereocenters. The number of aromatic amines is 1. The Morgan fingerprint density at radius 3 is 2.46 bits per heavy atom. The number of H-pyrrole nitrogens is 1. The van der Waals surface area contributed by atoms with Crippen molar-refractivity contribution in [2.75, 3.05) is 18.4 Å². The predicted molar refractivity (Wildman–Crippen MR) is 150 cm³/mol. The third kappa shape index (κ3) is 6.58. The molecule has 41 heavy (non-hydrogen) atoms. The summed E-state index contributed by atoms with van der Waals surface area (Å²) in [4.78, 5) is 51.4. The van der Waals surface area contributed by atoms with E-state index in [0.29, 0.717) is 44.5 Å². The largest absolute Gasteiger partial charge is 0.348 e. The normalized spacial score (nSPS) is 18.2. The molecule has 0 aliphatic carbocycles. The highest BCUT2D eigenvalue weighted by molar-refractivity contribution is 6.40. The topological polar surface area (TPSA) is 136 Å². The lowest BCUT2D eigenvalue weighted by atomic mass is 9.89. The van der Waals surface area contributed by atoms with E-state index in [-0.39, 0.29) is 45.4 Å². The second-order valence-corrected chi connectivity index (χ2v) is 10.9. The first-order chi connectivity index (χ1) is 19.7. The highest BCUT2D eigenvalue weighted by Gasteiger charge is 2.30. The number of aromatic nitrogens is 2. The number of halogens is 3. The van der Waals surface area contributed by atoms with Crippen LogP contribution in [0.2, 0.25) is 10.0 Å². The zero-order valence-corrected chi connectivity index (χ0v) is 23.3. The molecule has 214 valence electrons. The van der Waals surface area contributed by atoms with Gasteiger partial charge in [0.15, 0.2) is 5.69 Å². The number of rotatable bonds is 7. The van der Waals surface area contributed by atoms with Crippen molar-refractivity contribution in [3.8, 4) is 0 Å². The maximum atomic E-state index is 14.9. The molecule has 2 aliphatic heterocycles. The monoisotopic (exact) mass is 600 g/mol. The number of anilines is 1. The van der Waals surface area contributed by atoms with Crippen LogP contribution >= 0.6 is 23.2 Å². The van der Waals surface area contributed by atoms with Gasteiger partial charge in [-0.2, -0.15) is 5.10 Å². The van der Waals surface area contributed by atoms with Crippen LogP contribution in [-0.4, -0.2) is 57.9 Å². The molecule has 4 N–H and O–H groups in total. The minimum atomic E-state index is -0.668. The van der Waals surface area contributed by atoms with Crippen LogP contribution in [0.25, 0.3) is 0 Å². The van der Waals surface area contributed by atoms with Crippen LogP contribution < -0.4 is 16.0 Å². The van der Waals surface area contributed by atoms with Crippen molar-refractivity contribution >= 4 is 52.5 Å². The van der Waals surface area contributed by atoms with Crippen LogP contribution in [0, 0.1) is 5.82 Å². The van der Waals surface area contributed by atoms with Crippen molar-refractivity contribution in [1.29, 1.82) is 0 Å². The van der Waals surface area contributed by atoms with Crippen molar-refractivity contribution in [1.82, 2.24) is 25.7 Å². The van der Waals surface area contributed by atoms with E-state index in [1.165, 1.54) is 12.3 Å². The lowest BCUT2D eigenvalue weighted by Crippen LogP contribution is -2.44. The van der Waals surface area contributed by atoms with Crippen LogP contribution in [-0.2, 0) is 16.1 Å². The highest BCUT2D eigenvalue weighted by Crippen LogP contribution is 2.29. The summed E-state index contributed by atoms with van der Waals surface area (Å²) in [5.74, 6) is -2.93. The molecular formula is C28H27Cl2FN6O4. The van der Waals surface area contributed by atoms with E-state index in [1.807, 2.05) is 0 Å².